The summed E-state index contributed by atoms with van der Waals surface area (Å²) in [7, 11) is 1.38. The highest BCUT2D eigenvalue weighted by Crippen LogP contribution is 2.21. The van der Waals surface area contributed by atoms with Crippen molar-refractivity contribution in [1.29, 1.82) is 0 Å². The van der Waals surface area contributed by atoms with Crippen LogP contribution in [-0.4, -0.2) is 46.8 Å². The summed E-state index contributed by atoms with van der Waals surface area (Å²) >= 11 is 2.04. The molecule has 0 aromatic carbocycles. The molecule has 1 saturated heterocycles. The number of piperidine rings is 1. The monoisotopic (exact) mass is 340 g/mol. The Bertz CT molecular complexity index is 265. The smallest absolute Gasteiger partial charge is 0.409 e. The van der Waals surface area contributed by atoms with Crippen LogP contribution >= 0.6 is 22.9 Å². The maximum Gasteiger partial charge on any atom is 0.409 e. The predicted octanol–water partition coefficient (Wildman–Crippen LogP) is 1.66. The van der Waals surface area contributed by atoms with Crippen LogP contribution in [0, 0.1) is 5.92 Å². The maximum absolute atomic E-state index is 11.9. The van der Waals surface area contributed by atoms with E-state index in [2.05, 4.69) is 4.74 Å². The molecule has 16 heavy (non-hydrogen) atoms. The fourth-order valence-corrected chi connectivity index (χ4v) is 2.19. The van der Waals surface area contributed by atoms with Crippen molar-refractivity contribution in [2.75, 3.05) is 26.7 Å². The molecule has 1 rings (SSSR count). The van der Waals surface area contributed by atoms with Gasteiger partial charge in [-0.1, -0.05) is 0 Å². The molecule has 5 nitrogen and oxygen atoms in total. The van der Waals surface area contributed by atoms with Crippen LogP contribution in [0.4, 0.5) is 4.79 Å². The number of rotatable bonds is 2. The molecule has 0 unspecified atom stereocenters. The summed E-state index contributed by atoms with van der Waals surface area (Å²) in [5, 5.41) is 0. The molecule has 2 amide bonds. The van der Waals surface area contributed by atoms with Crippen molar-refractivity contribution in [2.24, 2.45) is 5.92 Å². The van der Waals surface area contributed by atoms with E-state index in [4.69, 9.17) is 0 Å². The number of carbonyl (C=O) groups excluding carboxylic acids is 2. The lowest BCUT2D eigenvalue weighted by Crippen LogP contribution is -2.42. The minimum atomic E-state index is -0.298. The van der Waals surface area contributed by atoms with E-state index in [0.717, 1.165) is 19.4 Å². The quantitative estimate of drug-likeness (QED) is 0.568. The highest BCUT2D eigenvalue weighted by Gasteiger charge is 2.29. The van der Waals surface area contributed by atoms with Crippen LogP contribution in [0.5, 0.6) is 0 Å². The van der Waals surface area contributed by atoms with Crippen LogP contribution in [0.2, 0.25) is 0 Å². The van der Waals surface area contributed by atoms with Crippen molar-refractivity contribution in [2.45, 2.75) is 19.8 Å². The predicted molar refractivity (Wildman–Crippen MR) is 68.1 cm³/mol. The molecule has 0 saturated carbocycles. The van der Waals surface area contributed by atoms with Gasteiger partial charge in [0.25, 0.3) is 0 Å². The van der Waals surface area contributed by atoms with Gasteiger partial charge in [-0.3, -0.25) is 7.91 Å². The Morgan fingerprint density at radius 1 is 1.44 bits per heavy atom. The third kappa shape index (κ3) is 3.23. The second-order valence-electron chi connectivity index (χ2n) is 3.75. The first-order valence-corrected chi connectivity index (χ1v) is 6.36. The molecule has 0 aromatic heterocycles. The first-order valence-electron chi connectivity index (χ1n) is 5.40. The zero-order chi connectivity index (χ0) is 12.1. The molecule has 0 radical (unpaired) electrons. The van der Waals surface area contributed by atoms with Gasteiger partial charge in [0.15, 0.2) is 0 Å². The van der Waals surface area contributed by atoms with Crippen LogP contribution in [0.3, 0.4) is 0 Å². The van der Waals surface area contributed by atoms with Crippen molar-refractivity contribution < 1.29 is 14.3 Å². The van der Waals surface area contributed by atoms with E-state index >= 15 is 0 Å². The minimum Gasteiger partial charge on any atom is -0.453 e. The molecule has 0 aliphatic carbocycles. The van der Waals surface area contributed by atoms with Gasteiger partial charge in [-0.2, -0.15) is 0 Å². The van der Waals surface area contributed by atoms with Crippen LogP contribution < -0.4 is 0 Å². The molecule has 0 N–H and O–H groups in total. The third-order valence-electron chi connectivity index (χ3n) is 2.79. The number of halogens is 1. The van der Waals surface area contributed by atoms with E-state index in [1.807, 2.05) is 29.8 Å². The second-order valence-corrected chi connectivity index (χ2v) is 4.91. The second kappa shape index (κ2) is 6.27. The fourth-order valence-electron chi connectivity index (χ4n) is 1.79. The summed E-state index contributed by atoms with van der Waals surface area (Å²) in [6.07, 6.45) is 1.16. The van der Waals surface area contributed by atoms with Crippen molar-refractivity contribution in [1.82, 2.24) is 8.01 Å². The molecular weight excluding hydrogens is 323 g/mol. The van der Waals surface area contributed by atoms with Gasteiger partial charge in [0.1, 0.15) is 0 Å². The molecular formula is C10H17IN2O3. The van der Waals surface area contributed by atoms with Gasteiger partial charge in [0.05, 0.1) is 30.0 Å². The lowest BCUT2D eigenvalue weighted by Gasteiger charge is -2.31. The zero-order valence-electron chi connectivity index (χ0n) is 9.61. The maximum atomic E-state index is 11.9. The molecule has 6 heteroatoms. The van der Waals surface area contributed by atoms with E-state index in [9.17, 15) is 9.59 Å². The lowest BCUT2D eigenvalue weighted by molar-refractivity contribution is -0.130. The Kier molecular flexibility index (Phi) is 5.30. The molecule has 0 spiro atoms. The standard InChI is InChI=1S/C10H17IN2O3/c1-3-13(11)9(14)8-4-6-12(7-5-8)10(15)16-2/h8H,3-7H2,1-2H3. The van der Waals surface area contributed by atoms with E-state index in [-0.39, 0.29) is 17.9 Å². The third-order valence-corrected chi connectivity index (χ3v) is 3.95. The number of hydrogen-bond donors (Lipinski definition) is 0. The average molecular weight is 340 g/mol. The van der Waals surface area contributed by atoms with Gasteiger partial charge in [-0.05, 0) is 19.8 Å². The number of ether oxygens (including phenoxy) is 1. The van der Waals surface area contributed by atoms with E-state index < -0.39 is 0 Å². The Morgan fingerprint density at radius 2 is 2.00 bits per heavy atom. The Morgan fingerprint density at radius 3 is 2.44 bits per heavy atom. The van der Waals surface area contributed by atoms with Gasteiger partial charge in [-0.25, -0.2) is 4.79 Å². The van der Waals surface area contributed by atoms with Crippen LogP contribution in [0.1, 0.15) is 19.8 Å². The summed E-state index contributed by atoms with van der Waals surface area (Å²) in [5.74, 6) is 0.227. The van der Waals surface area contributed by atoms with Gasteiger partial charge >= 0.3 is 6.09 Å². The number of nitrogens with zero attached hydrogens (tertiary/aromatic N) is 2. The number of methoxy groups -OCH3 is 1. The molecule has 1 aliphatic heterocycles. The first kappa shape index (κ1) is 13.5. The van der Waals surface area contributed by atoms with Gasteiger partial charge in [0, 0.05) is 25.6 Å². The number of hydrogen-bond acceptors (Lipinski definition) is 3. The van der Waals surface area contributed by atoms with Crippen LogP contribution in [0.25, 0.3) is 0 Å². The largest absolute Gasteiger partial charge is 0.453 e. The molecule has 1 fully saturated rings. The van der Waals surface area contributed by atoms with Crippen molar-refractivity contribution in [3.63, 3.8) is 0 Å². The van der Waals surface area contributed by atoms with Gasteiger partial charge < -0.3 is 9.64 Å². The summed E-state index contributed by atoms with van der Waals surface area (Å²) < 4.78 is 6.35. The van der Waals surface area contributed by atoms with Crippen LogP contribution in [0.15, 0.2) is 0 Å². The van der Waals surface area contributed by atoms with Gasteiger partial charge in [0.2, 0.25) is 5.91 Å². The summed E-state index contributed by atoms with van der Waals surface area (Å²) in [6.45, 7) is 3.89. The topological polar surface area (TPSA) is 49.9 Å². The summed E-state index contributed by atoms with van der Waals surface area (Å²) in [5.41, 5.74) is 0. The summed E-state index contributed by atoms with van der Waals surface area (Å²) in [6, 6.07) is 0. The molecule has 0 aromatic rings. The SMILES string of the molecule is CCN(I)C(=O)C1CCN(C(=O)OC)CC1. The zero-order valence-corrected chi connectivity index (χ0v) is 11.8. The molecule has 0 bridgehead atoms. The molecule has 1 aliphatic rings. The summed E-state index contributed by atoms with van der Waals surface area (Å²) in [4.78, 5) is 24.7. The van der Waals surface area contributed by atoms with E-state index in [1.54, 1.807) is 8.01 Å². The normalized spacial score (nSPS) is 17.1. The number of likely N-dealkylation sites (tertiary alicyclic amines) is 1. The molecule has 0 atom stereocenters. The fraction of sp³-hybridized carbons (Fsp3) is 0.800. The Labute approximate surface area is 110 Å². The van der Waals surface area contributed by atoms with Gasteiger partial charge in [-0.15, -0.1) is 0 Å². The highest BCUT2D eigenvalue weighted by molar-refractivity contribution is 14.1. The van der Waals surface area contributed by atoms with Crippen LogP contribution in [-0.2, 0) is 9.53 Å². The highest BCUT2D eigenvalue weighted by atomic mass is 127. The number of amides is 2. The van der Waals surface area contributed by atoms with E-state index in [1.165, 1.54) is 7.11 Å². The van der Waals surface area contributed by atoms with Crippen molar-refractivity contribution in [3.8, 4) is 0 Å². The molecule has 92 valence electrons. The minimum absolute atomic E-state index is 0.0535. The Balaban J connectivity index is 2.43. The lowest BCUT2D eigenvalue weighted by atomic mass is 9.96. The van der Waals surface area contributed by atoms with Crippen molar-refractivity contribution >= 4 is 34.9 Å². The van der Waals surface area contributed by atoms with E-state index in [0.29, 0.717) is 13.1 Å². The molecule has 1 heterocycles. The Hall–Kier alpha value is -0.530. The number of carbonyl (C=O) groups is 2. The average Bonchev–Trinajstić information content (AvgIpc) is 2.36. The van der Waals surface area contributed by atoms with Crippen molar-refractivity contribution in [3.05, 3.63) is 0 Å². The first-order chi connectivity index (χ1) is 7.60.